The summed E-state index contributed by atoms with van der Waals surface area (Å²) in [5.41, 5.74) is 1.70. The van der Waals surface area contributed by atoms with Crippen LogP contribution in [0.2, 0.25) is 5.02 Å². The Balaban J connectivity index is 1.95. The summed E-state index contributed by atoms with van der Waals surface area (Å²) in [7, 11) is -3.92. The lowest BCUT2D eigenvalue weighted by Gasteiger charge is -2.13. The summed E-state index contributed by atoms with van der Waals surface area (Å²) in [4.78, 5) is 23.1. The van der Waals surface area contributed by atoms with Crippen molar-refractivity contribution in [2.75, 3.05) is 15.4 Å². The average Bonchev–Trinajstić information content (AvgIpc) is 2.65. The van der Waals surface area contributed by atoms with Gasteiger partial charge in [-0.2, -0.15) is 0 Å². The van der Waals surface area contributed by atoms with Crippen LogP contribution in [0.4, 0.5) is 17.1 Å². The van der Waals surface area contributed by atoms with E-state index in [1.165, 1.54) is 18.2 Å². The largest absolute Gasteiger partial charge is 0.324 e. The highest BCUT2D eigenvalue weighted by molar-refractivity contribution is 7.92. The molecule has 0 radical (unpaired) electrons. The molecule has 0 saturated carbocycles. The molecule has 2 aromatic rings. The van der Waals surface area contributed by atoms with Crippen molar-refractivity contribution in [2.45, 2.75) is 18.2 Å². The number of benzene rings is 2. The fourth-order valence-corrected chi connectivity index (χ4v) is 3.79. The molecule has 25 heavy (non-hydrogen) atoms. The highest BCUT2D eigenvalue weighted by atomic mass is 35.5. The van der Waals surface area contributed by atoms with Crippen LogP contribution < -0.4 is 15.4 Å². The summed E-state index contributed by atoms with van der Waals surface area (Å²) in [6, 6.07) is 8.98. The Morgan fingerprint density at radius 3 is 2.36 bits per heavy atom. The minimum Gasteiger partial charge on any atom is -0.324 e. The highest BCUT2D eigenvalue weighted by Gasteiger charge is 2.22. The number of aryl methyl sites for hydroxylation is 1. The van der Waals surface area contributed by atoms with Gasteiger partial charge in [-0.05, 0) is 42.8 Å². The number of carbonyl (C=O) groups is 2. The van der Waals surface area contributed by atoms with Gasteiger partial charge in [0.15, 0.2) is 0 Å². The van der Waals surface area contributed by atoms with E-state index in [4.69, 9.17) is 11.6 Å². The van der Waals surface area contributed by atoms with Crippen molar-refractivity contribution in [1.29, 1.82) is 0 Å². The smallest absolute Gasteiger partial charge is 0.262 e. The van der Waals surface area contributed by atoms with Crippen LogP contribution in [0.5, 0.6) is 0 Å². The van der Waals surface area contributed by atoms with Gasteiger partial charge in [0.2, 0.25) is 11.8 Å². The van der Waals surface area contributed by atoms with Gasteiger partial charge in [-0.1, -0.05) is 17.7 Å². The van der Waals surface area contributed by atoms with Gasteiger partial charge < -0.3 is 10.6 Å². The molecule has 0 bridgehead atoms. The molecule has 0 fully saturated rings. The standard InChI is InChI=1S/C16H14ClN3O4S/c1-9-2-4-12(11(17)6-9)20-25(23,24)10-3-5-13-14(7-10)19-16(22)8-15(21)18-13/h2-7,20H,8H2,1H3,(H,18,21)(H,19,22). The summed E-state index contributed by atoms with van der Waals surface area (Å²) in [5.74, 6) is -0.975. The quantitative estimate of drug-likeness (QED) is 0.713. The van der Waals surface area contributed by atoms with Crippen LogP contribution in [0, 0.1) is 6.92 Å². The Labute approximate surface area is 149 Å². The molecule has 1 aliphatic rings. The van der Waals surface area contributed by atoms with E-state index in [1.54, 1.807) is 18.2 Å². The van der Waals surface area contributed by atoms with Crippen molar-refractivity contribution in [3.8, 4) is 0 Å². The van der Waals surface area contributed by atoms with Crippen molar-refractivity contribution in [3.63, 3.8) is 0 Å². The van der Waals surface area contributed by atoms with Gasteiger partial charge in [0.1, 0.15) is 6.42 Å². The lowest BCUT2D eigenvalue weighted by Crippen LogP contribution is -2.16. The van der Waals surface area contributed by atoms with Crippen molar-refractivity contribution in [2.24, 2.45) is 0 Å². The monoisotopic (exact) mass is 379 g/mol. The number of rotatable bonds is 3. The van der Waals surface area contributed by atoms with Crippen LogP contribution in [0.15, 0.2) is 41.3 Å². The Bertz CT molecular complexity index is 989. The summed E-state index contributed by atoms with van der Waals surface area (Å²) in [5, 5.41) is 5.32. The zero-order chi connectivity index (χ0) is 18.2. The van der Waals surface area contributed by atoms with Crippen LogP contribution in [0.25, 0.3) is 0 Å². The maximum atomic E-state index is 12.6. The van der Waals surface area contributed by atoms with E-state index in [0.717, 1.165) is 5.56 Å². The summed E-state index contributed by atoms with van der Waals surface area (Å²) < 4.78 is 27.6. The Kier molecular flexibility index (Phi) is 4.40. The molecule has 0 atom stereocenters. The van der Waals surface area contributed by atoms with Crippen molar-refractivity contribution >= 4 is 50.5 Å². The third-order valence-corrected chi connectivity index (χ3v) is 5.22. The molecule has 7 nitrogen and oxygen atoms in total. The van der Waals surface area contributed by atoms with E-state index in [2.05, 4.69) is 15.4 Å². The second-order valence-electron chi connectivity index (χ2n) is 5.57. The number of fused-ring (bicyclic) bond motifs is 1. The molecule has 0 unspecified atom stereocenters. The number of carbonyl (C=O) groups excluding carboxylic acids is 2. The molecular weight excluding hydrogens is 366 g/mol. The predicted molar refractivity (Wildman–Crippen MR) is 95.3 cm³/mol. The van der Waals surface area contributed by atoms with E-state index in [0.29, 0.717) is 5.69 Å². The maximum absolute atomic E-state index is 12.6. The van der Waals surface area contributed by atoms with E-state index in [9.17, 15) is 18.0 Å². The maximum Gasteiger partial charge on any atom is 0.262 e. The number of anilines is 3. The highest BCUT2D eigenvalue weighted by Crippen LogP contribution is 2.30. The summed E-state index contributed by atoms with van der Waals surface area (Å²) >= 11 is 6.06. The fourth-order valence-electron chi connectivity index (χ4n) is 2.34. The molecule has 0 aromatic heterocycles. The van der Waals surface area contributed by atoms with Gasteiger partial charge in [0.05, 0.1) is 27.0 Å². The zero-order valence-corrected chi connectivity index (χ0v) is 14.7. The van der Waals surface area contributed by atoms with E-state index in [-0.39, 0.29) is 27.7 Å². The Morgan fingerprint density at radius 1 is 1.00 bits per heavy atom. The van der Waals surface area contributed by atoms with Gasteiger partial charge in [-0.15, -0.1) is 0 Å². The number of sulfonamides is 1. The lowest BCUT2D eigenvalue weighted by atomic mass is 10.2. The molecule has 3 N–H and O–H groups in total. The first-order chi connectivity index (χ1) is 11.7. The van der Waals surface area contributed by atoms with E-state index < -0.39 is 21.8 Å². The van der Waals surface area contributed by atoms with Crippen molar-refractivity contribution in [3.05, 3.63) is 47.0 Å². The Hall–Kier alpha value is -2.58. The van der Waals surface area contributed by atoms with Gasteiger partial charge in [0.25, 0.3) is 10.0 Å². The van der Waals surface area contributed by atoms with Crippen molar-refractivity contribution < 1.29 is 18.0 Å². The summed E-state index contributed by atoms with van der Waals surface area (Å²) in [6.07, 6.45) is -0.325. The molecule has 3 rings (SSSR count). The first-order valence-corrected chi connectivity index (χ1v) is 9.13. The first kappa shape index (κ1) is 17.2. The first-order valence-electron chi connectivity index (χ1n) is 7.27. The molecule has 2 aromatic carbocycles. The third-order valence-electron chi connectivity index (χ3n) is 3.54. The van der Waals surface area contributed by atoms with Crippen molar-refractivity contribution in [1.82, 2.24) is 0 Å². The molecule has 130 valence electrons. The number of hydrogen-bond donors (Lipinski definition) is 3. The fraction of sp³-hybridized carbons (Fsp3) is 0.125. The topological polar surface area (TPSA) is 104 Å². The van der Waals surface area contributed by atoms with Gasteiger partial charge in [0, 0.05) is 0 Å². The van der Waals surface area contributed by atoms with Crippen LogP contribution in [-0.4, -0.2) is 20.2 Å². The third kappa shape index (κ3) is 3.75. The molecule has 9 heteroatoms. The lowest BCUT2D eigenvalue weighted by molar-refractivity contribution is -0.123. The molecule has 0 aliphatic carbocycles. The minimum absolute atomic E-state index is 0.0701. The number of hydrogen-bond acceptors (Lipinski definition) is 4. The molecule has 1 aliphatic heterocycles. The molecule has 2 amide bonds. The molecule has 0 saturated heterocycles. The van der Waals surface area contributed by atoms with Gasteiger partial charge >= 0.3 is 0 Å². The SMILES string of the molecule is Cc1ccc(NS(=O)(=O)c2ccc3c(c2)NC(=O)CC(=O)N3)c(Cl)c1. The Morgan fingerprint density at radius 2 is 1.68 bits per heavy atom. The summed E-state index contributed by atoms with van der Waals surface area (Å²) in [6.45, 7) is 1.84. The van der Waals surface area contributed by atoms with Crippen LogP contribution in [0.3, 0.4) is 0 Å². The van der Waals surface area contributed by atoms with Crippen LogP contribution in [0.1, 0.15) is 12.0 Å². The van der Waals surface area contributed by atoms with E-state index >= 15 is 0 Å². The number of halogens is 1. The second-order valence-corrected chi connectivity index (χ2v) is 7.66. The van der Waals surface area contributed by atoms with Crippen LogP contribution >= 0.6 is 11.6 Å². The van der Waals surface area contributed by atoms with E-state index in [1.807, 2.05) is 6.92 Å². The number of nitrogens with one attached hydrogen (secondary N) is 3. The molecule has 0 spiro atoms. The van der Waals surface area contributed by atoms with Crippen LogP contribution in [-0.2, 0) is 19.6 Å². The second kappa shape index (κ2) is 6.38. The number of amides is 2. The van der Waals surface area contributed by atoms with Gasteiger partial charge in [-0.25, -0.2) is 8.42 Å². The average molecular weight is 380 g/mol. The molecular formula is C16H14ClN3O4S. The zero-order valence-electron chi connectivity index (χ0n) is 13.1. The molecule has 1 heterocycles. The normalized spacial score (nSPS) is 14.2. The predicted octanol–water partition coefficient (Wildman–Crippen LogP) is 2.73. The minimum atomic E-state index is -3.92. The van der Waals surface area contributed by atoms with Gasteiger partial charge in [-0.3, -0.25) is 14.3 Å².